The van der Waals surface area contributed by atoms with Crippen LogP contribution in [0.25, 0.3) is 16.3 Å². The smallest absolute Gasteiger partial charge is 0.234 e. The van der Waals surface area contributed by atoms with Gasteiger partial charge in [-0.2, -0.15) is 0 Å². The average Bonchev–Trinajstić information content (AvgIpc) is 3.36. The third kappa shape index (κ3) is 3.79. The Kier molecular flexibility index (Phi) is 5.05. The summed E-state index contributed by atoms with van der Waals surface area (Å²) >= 11 is 1.71. The van der Waals surface area contributed by atoms with E-state index in [9.17, 15) is 0 Å². The molecule has 4 aromatic heterocycles. The second-order valence-electron chi connectivity index (χ2n) is 6.65. The first-order valence-corrected chi connectivity index (χ1v) is 9.93. The van der Waals surface area contributed by atoms with E-state index in [1.165, 1.54) is 4.88 Å². The van der Waals surface area contributed by atoms with Gasteiger partial charge in [0, 0.05) is 43.9 Å². The van der Waals surface area contributed by atoms with Gasteiger partial charge >= 0.3 is 0 Å². The van der Waals surface area contributed by atoms with Crippen molar-refractivity contribution in [1.82, 2.24) is 23.9 Å². The van der Waals surface area contributed by atoms with Crippen LogP contribution >= 0.6 is 11.3 Å². The van der Waals surface area contributed by atoms with Gasteiger partial charge in [0.25, 0.3) is 0 Å². The maximum absolute atomic E-state index is 5.26. The summed E-state index contributed by atoms with van der Waals surface area (Å²) in [4.78, 5) is 15.3. The molecule has 0 N–H and O–H groups in total. The van der Waals surface area contributed by atoms with Crippen molar-refractivity contribution in [2.24, 2.45) is 0 Å². The van der Waals surface area contributed by atoms with Crippen molar-refractivity contribution in [2.45, 2.75) is 33.2 Å². The van der Waals surface area contributed by atoms with E-state index in [0.29, 0.717) is 6.61 Å². The van der Waals surface area contributed by atoms with Gasteiger partial charge in [-0.1, -0.05) is 6.07 Å². The minimum atomic E-state index is 0.671. The van der Waals surface area contributed by atoms with E-state index in [-0.39, 0.29) is 0 Å². The molecule has 0 aromatic carbocycles. The Morgan fingerprint density at radius 3 is 2.78 bits per heavy atom. The molecule has 7 heteroatoms. The van der Waals surface area contributed by atoms with E-state index in [2.05, 4.69) is 56.8 Å². The lowest BCUT2D eigenvalue weighted by Gasteiger charge is -2.06. The van der Waals surface area contributed by atoms with Crippen LogP contribution in [0.15, 0.2) is 36.0 Å². The van der Waals surface area contributed by atoms with Crippen molar-refractivity contribution < 1.29 is 4.74 Å². The predicted octanol–water partition coefficient (Wildman–Crippen LogP) is 3.70. The van der Waals surface area contributed by atoms with Crippen LogP contribution in [0.5, 0.6) is 0 Å². The highest BCUT2D eigenvalue weighted by Gasteiger charge is 2.12. The Balaban J connectivity index is 1.57. The molecule has 0 aliphatic rings. The summed E-state index contributed by atoms with van der Waals surface area (Å²) in [6.07, 6.45) is 5.87. The zero-order chi connectivity index (χ0) is 18.8. The lowest BCUT2D eigenvalue weighted by atomic mass is 10.2. The second-order valence-corrected chi connectivity index (χ2v) is 7.59. The van der Waals surface area contributed by atoms with Crippen LogP contribution < -0.4 is 0 Å². The first-order chi connectivity index (χ1) is 13.1. The molecule has 0 unspecified atom stereocenters. The van der Waals surface area contributed by atoms with Gasteiger partial charge < -0.3 is 9.30 Å². The molecule has 4 aromatic rings. The monoisotopic (exact) mass is 381 g/mol. The number of fused-ring (bicyclic) bond motifs is 1. The van der Waals surface area contributed by atoms with Gasteiger partial charge in [0.05, 0.1) is 22.9 Å². The number of aromatic nitrogens is 5. The van der Waals surface area contributed by atoms with E-state index >= 15 is 0 Å². The molecule has 6 nitrogen and oxygen atoms in total. The zero-order valence-corrected chi connectivity index (χ0v) is 16.7. The minimum absolute atomic E-state index is 0.671. The normalized spacial score (nSPS) is 11.5. The first kappa shape index (κ1) is 17.9. The van der Waals surface area contributed by atoms with Crippen molar-refractivity contribution in [3.05, 3.63) is 58.9 Å². The largest absolute Gasteiger partial charge is 0.383 e. The summed E-state index contributed by atoms with van der Waals surface area (Å²) in [5, 5.41) is 2.08. The van der Waals surface area contributed by atoms with Gasteiger partial charge in [-0.25, -0.2) is 15.0 Å². The van der Waals surface area contributed by atoms with Gasteiger partial charge in [0.2, 0.25) is 5.78 Å². The number of nitrogens with zero attached hydrogens (tertiary/aromatic N) is 5. The summed E-state index contributed by atoms with van der Waals surface area (Å²) < 4.78 is 9.51. The van der Waals surface area contributed by atoms with Gasteiger partial charge in [0.15, 0.2) is 0 Å². The van der Waals surface area contributed by atoms with Crippen LogP contribution in [-0.2, 0) is 24.1 Å². The standard InChI is InChI=1S/C20H23N5OS/c1-14-11-15(2)25-12-16(22-20(25)21-14)6-7-19-23-17(18-5-4-10-27-18)13-24(19)8-9-26-3/h4-5,10-13H,6-9H2,1-3H3. The first-order valence-electron chi connectivity index (χ1n) is 9.05. The Hall–Kier alpha value is -2.51. The average molecular weight is 382 g/mol. The molecule has 0 saturated heterocycles. The number of hydrogen-bond donors (Lipinski definition) is 0. The van der Waals surface area contributed by atoms with Crippen molar-refractivity contribution >= 4 is 17.1 Å². The molecule has 0 atom stereocenters. The summed E-state index contributed by atoms with van der Waals surface area (Å²) in [7, 11) is 1.73. The van der Waals surface area contributed by atoms with Crippen molar-refractivity contribution in [1.29, 1.82) is 0 Å². The topological polar surface area (TPSA) is 57.2 Å². The highest BCUT2D eigenvalue weighted by molar-refractivity contribution is 7.13. The van der Waals surface area contributed by atoms with Crippen molar-refractivity contribution in [3.63, 3.8) is 0 Å². The lowest BCUT2D eigenvalue weighted by molar-refractivity contribution is 0.186. The zero-order valence-electron chi connectivity index (χ0n) is 15.8. The van der Waals surface area contributed by atoms with Gasteiger partial charge in [0.1, 0.15) is 5.82 Å². The molecule has 0 spiro atoms. The van der Waals surface area contributed by atoms with Crippen molar-refractivity contribution in [2.75, 3.05) is 13.7 Å². The molecule has 4 heterocycles. The number of thiophene rings is 1. The van der Waals surface area contributed by atoms with Gasteiger partial charge in [-0.15, -0.1) is 11.3 Å². The van der Waals surface area contributed by atoms with E-state index in [0.717, 1.165) is 53.8 Å². The summed E-state index contributed by atoms with van der Waals surface area (Å²) in [5.74, 6) is 1.83. The summed E-state index contributed by atoms with van der Waals surface area (Å²) in [6, 6.07) is 6.24. The van der Waals surface area contributed by atoms with Crippen LogP contribution in [0.3, 0.4) is 0 Å². The third-order valence-electron chi connectivity index (χ3n) is 4.59. The molecule has 0 amide bonds. The SMILES string of the molecule is COCCn1cc(-c2cccs2)nc1CCc1cn2c(C)cc(C)nc2n1. The molecular formula is C20H23N5OS. The Bertz CT molecular complexity index is 1050. The van der Waals surface area contributed by atoms with Crippen LogP contribution in [0, 0.1) is 13.8 Å². The van der Waals surface area contributed by atoms with Gasteiger partial charge in [-0.3, -0.25) is 4.40 Å². The van der Waals surface area contributed by atoms with Crippen LogP contribution in [0.2, 0.25) is 0 Å². The molecule has 0 radical (unpaired) electrons. The highest BCUT2D eigenvalue weighted by atomic mass is 32.1. The summed E-state index contributed by atoms with van der Waals surface area (Å²) in [5.41, 5.74) is 4.21. The molecule has 0 aliphatic carbocycles. The maximum Gasteiger partial charge on any atom is 0.234 e. The molecule has 0 saturated carbocycles. The van der Waals surface area contributed by atoms with E-state index < -0.39 is 0 Å². The minimum Gasteiger partial charge on any atom is -0.383 e. The fourth-order valence-electron chi connectivity index (χ4n) is 3.26. The number of imidazole rings is 2. The van der Waals surface area contributed by atoms with E-state index in [4.69, 9.17) is 14.7 Å². The van der Waals surface area contributed by atoms with Crippen LogP contribution in [0.4, 0.5) is 0 Å². The lowest BCUT2D eigenvalue weighted by Crippen LogP contribution is -2.08. The molecule has 0 bridgehead atoms. The molecule has 4 rings (SSSR count). The maximum atomic E-state index is 5.26. The number of hydrogen-bond acceptors (Lipinski definition) is 5. The van der Waals surface area contributed by atoms with E-state index in [1.807, 2.05) is 6.92 Å². The third-order valence-corrected chi connectivity index (χ3v) is 5.48. The van der Waals surface area contributed by atoms with E-state index in [1.54, 1.807) is 18.4 Å². The number of ether oxygens (including phenoxy) is 1. The fraction of sp³-hybridized carbons (Fsp3) is 0.350. The quantitative estimate of drug-likeness (QED) is 0.490. The van der Waals surface area contributed by atoms with Crippen LogP contribution in [0.1, 0.15) is 22.9 Å². The predicted molar refractivity (Wildman–Crippen MR) is 107 cm³/mol. The Labute approximate surface area is 162 Å². The van der Waals surface area contributed by atoms with Gasteiger partial charge in [-0.05, 0) is 37.8 Å². The highest BCUT2D eigenvalue weighted by Crippen LogP contribution is 2.24. The molecule has 140 valence electrons. The Morgan fingerprint density at radius 1 is 1.11 bits per heavy atom. The molecule has 0 fully saturated rings. The molecule has 0 aliphatic heterocycles. The Morgan fingerprint density at radius 2 is 2.00 bits per heavy atom. The molecular weight excluding hydrogens is 358 g/mol. The number of rotatable bonds is 7. The summed E-state index contributed by atoms with van der Waals surface area (Å²) in [6.45, 7) is 5.55. The number of aryl methyl sites for hydroxylation is 4. The second kappa shape index (κ2) is 7.62. The van der Waals surface area contributed by atoms with Crippen LogP contribution in [-0.4, -0.2) is 37.6 Å². The molecule has 27 heavy (non-hydrogen) atoms. The fourth-order valence-corrected chi connectivity index (χ4v) is 3.94. The number of methoxy groups -OCH3 is 1. The van der Waals surface area contributed by atoms with Crippen molar-refractivity contribution in [3.8, 4) is 10.6 Å².